The van der Waals surface area contributed by atoms with Gasteiger partial charge in [0.1, 0.15) is 28.8 Å². The predicted molar refractivity (Wildman–Crippen MR) is 114 cm³/mol. The number of benzene rings is 2. The van der Waals surface area contributed by atoms with Crippen molar-refractivity contribution in [2.75, 3.05) is 11.9 Å². The number of carbonyl (C=O) groups is 2. The van der Waals surface area contributed by atoms with E-state index in [9.17, 15) is 18.4 Å². The first-order valence-electron chi connectivity index (χ1n) is 9.46. The van der Waals surface area contributed by atoms with E-state index in [0.29, 0.717) is 11.2 Å². The molecule has 1 N–H and O–H groups in total. The van der Waals surface area contributed by atoms with Crippen molar-refractivity contribution in [3.63, 3.8) is 0 Å². The first-order chi connectivity index (χ1) is 14.5. The Morgan fingerprint density at radius 3 is 2.48 bits per heavy atom. The highest BCUT2D eigenvalue weighted by Crippen LogP contribution is 2.23. The molecule has 2 aromatic carbocycles. The maximum atomic E-state index is 13.6. The second-order valence-corrected chi connectivity index (χ2v) is 8.79. The number of rotatable bonds is 5. The molecule has 0 unspecified atom stereocenters. The number of anilines is 1. The summed E-state index contributed by atoms with van der Waals surface area (Å²) in [5.41, 5.74) is 0.606. The van der Waals surface area contributed by atoms with Crippen molar-refractivity contribution in [1.29, 1.82) is 0 Å². The van der Waals surface area contributed by atoms with Crippen LogP contribution >= 0.6 is 11.5 Å². The van der Waals surface area contributed by atoms with E-state index in [1.807, 2.05) is 0 Å². The molecular formula is C21H22F2N4O3S. The summed E-state index contributed by atoms with van der Waals surface area (Å²) in [6, 6.07) is 7.07. The summed E-state index contributed by atoms with van der Waals surface area (Å²) in [4.78, 5) is 26.9. The van der Waals surface area contributed by atoms with Crippen molar-refractivity contribution in [1.82, 2.24) is 14.9 Å². The van der Waals surface area contributed by atoms with Crippen LogP contribution in [0.5, 0.6) is 0 Å². The average molecular weight is 448 g/mol. The van der Waals surface area contributed by atoms with Crippen LogP contribution in [0.3, 0.4) is 0 Å². The first-order valence-corrected chi connectivity index (χ1v) is 10.2. The molecule has 1 aromatic heterocycles. The molecule has 0 spiro atoms. The molecule has 0 aliphatic rings. The van der Waals surface area contributed by atoms with E-state index in [4.69, 9.17) is 4.74 Å². The Morgan fingerprint density at radius 2 is 1.84 bits per heavy atom. The highest BCUT2D eigenvalue weighted by Gasteiger charge is 2.28. The van der Waals surface area contributed by atoms with Gasteiger partial charge in [-0.15, -0.1) is 5.10 Å². The Hall–Kier alpha value is -3.14. The number of likely N-dealkylation sites (N-methyl/N-ethyl adjacent to an activating group) is 1. The lowest BCUT2D eigenvalue weighted by molar-refractivity contribution is -0.120. The number of ether oxygens (including phenoxy) is 1. The highest BCUT2D eigenvalue weighted by atomic mass is 32.1. The molecule has 1 heterocycles. The normalized spacial score (nSPS) is 12.5. The third kappa shape index (κ3) is 5.94. The number of fused-ring (bicyclic) bond motifs is 1. The van der Waals surface area contributed by atoms with Crippen molar-refractivity contribution in [2.45, 2.75) is 38.8 Å². The van der Waals surface area contributed by atoms with E-state index in [2.05, 4.69) is 14.9 Å². The van der Waals surface area contributed by atoms with E-state index in [1.54, 1.807) is 46.0 Å². The number of nitrogens with zero attached hydrogens (tertiary/aromatic N) is 3. The van der Waals surface area contributed by atoms with Crippen molar-refractivity contribution in [3.05, 3.63) is 53.6 Å². The lowest BCUT2D eigenvalue weighted by Gasteiger charge is -2.26. The van der Waals surface area contributed by atoms with Crippen LogP contribution in [0.15, 0.2) is 36.4 Å². The molecule has 7 nitrogen and oxygen atoms in total. The minimum Gasteiger partial charge on any atom is -0.444 e. The van der Waals surface area contributed by atoms with Crippen LogP contribution in [0.2, 0.25) is 0 Å². The van der Waals surface area contributed by atoms with Gasteiger partial charge in [0.15, 0.2) is 0 Å². The minimum atomic E-state index is -1.12. The van der Waals surface area contributed by atoms with Crippen LogP contribution in [0, 0.1) is 11.6 Å². The molecule has 0 radical (unpaired) electrons. The van der Waals surface area contributed by atoms with E-state index in [1.165, 1.54) is 16.4 Å². The SMILES string of the molecule is CN(C(=O)[C@H](Cc1cc(F)cc(F)c1)NC(=O)OC(C)(C)C)c1ccc2snnc2c1. The molecule has 0 fully saturated rings. The maximum Gasteiger partial charge on any atom is 0.408 e. The molecule has 0 bridgehead atoms. The Bertz CT molecular complexity index is 1090. The molecule has 2 amide bonds. The third-order valence-electron chi connectivity index (χ3n) is 4.30. The summed E-state index contributed by atoms with van der Waals surface area (Å²) >= 11 is 1.23. The fourth-order valence-electron chi connectivity index (χ4n) is 2.95. The summed E-state index contributed by atoms with van der Waals surface area (Å²) < 4.78 is 37.3. The van der Waals surface area contributed by atoms with Gasteiger partial charge in [0, 0.05) is 25.2 Å². The molecule has 0 aliphatic heterocycles. The van der Waals surface area contributed by atoms with Crippen LogP contribution in [0.1, 0.15) is 26.3 Å². The predicted octanol–water partition coefficient (Wildman–Crippen LogP) is 4.07. The zero-order valence-corrected chi connectivity index (χ0v) is 18.3. The van der Waals surface area contributed by atoms with Gasteiger partial charge in [-0.05, 0) is 68.2 Å². The zero-order valence-electron chi connectivity index (χ0n) is 17.5. The summed E-state index contributed by atoms with van der Waals surface area (Å²) in [6.07, 6.45) is -0.937. The molecule has 0 saturated heterocycles. The summed E-state index contributed by atoms with van der Waals surface area (Å²) in [7, 11) is 1.54. The smallest absolute Gasteiger partial charge is 0.408 e. The highest BCUT2D eigenvalue weighted by molar-refractivity contribution is 7.12. The van der Waals surface area contributed by atoms with E-state index < -0.39 is 35.3 Å². The monoisotopic (exact) mass is 448 g/mol. The van der Waals surface area contributed by atoms with Crippen LogP contribution in [-0.4, -0.2) is 40.3 Å². The van der Waals surface area contributed by atoms with Gasteiger partial charge < -0.3 is 15.0 Å². The van der Waals surface area contributed by atoms with Gasteiger partial charge in [-0.2, -0.15) is 0 Å². The van der Waals surface area contributed by atoms with Crippen molar-refractivity contribution in [2.24, 2.45) is 0 Å². The van der Waals surface area contributed by atoms with Gasteiger partial charge >= 0.3 is 6.09 Å². The summed E-state index contributed by atoms with van der Waals surface area (Å²) in [5.74, 6) is -2.03. The molecule has 1 atom stereocenters. The molecule has 10 heteroatoms. The largest absolute Gasteiger partial charge is 0.444 e. The van der Waals surface area contributed by atoms with Crippen LogP contribution in [0.25, 0.3) is 10.2 Å². The Kier molecular flexibility index (Phi) is 6.49. The van der Waals surface area contributed by atoms with Crippen LogP contribution in [0.4, 0.5) is 19.3 Å². The number of aromatic nitrogens is 2. The molecular weight excluding hydrogens is 426 g/mol. The number of hydrogen-bond acceptors (Lipinski definition) is 6. The van der Waals surface area contributed by atoms with Gasteiger partial charge in [-0.25, -0.2) is 13.6 Å². The molecule has 31 heavy (non-hydrogen) atoms. The van der Waals surface area contributed by atoms with Crippen LogP contribution < -0.4 is 10.2 Å². The second-order valence-electron chi connectivity index (χ2n) is 8.00. The average Bonchev–Trinajstić information content (AvgIpc) is 3.11. The summed E-state index contributed by atoms with van der Waals surface area (Å²) in [6.45, 7) is 5.07. The Morgan fingerprint density at radius 1 is 1.16 bits per heavy atom. The van der Waals surface area contributed by atoms with Crippen molar-refractivity contribution < 1.29 is 23.1 Å². The fraction of sp³-hybridized carbons (Fsp3) is 0.333. The minimum absolute atomic E-state index is 0.127. The summed E-state index contributed by atoms with van der Waals surface area (Å²) in [5, 5.41) is 6.52. The first kappa shape index (κ1) is 22.5. The number of amides is 2. The van der Waals surface area contributed by atoms with Crippen molar-refractivity contribution in [3.8, 4) is 0 Å². The number of hydrogen-bond donors (Lipinski definition) is 1. The molecule has 164 valence electrons. The van der Waals surface area contributed by atoms with Gasteiger partial charge in [-0.1, -0.05) is 4.49 Å². The van der Waals surface area contributed by atoms with E-state index >= 15 is 0 Å². The number of halogens is 2. The van der Waals surface area contributed by atoms with Crippen molar-refractivity contribution >= 4 is 39.4 Å². The Labute approximate surface area is 182 Å². The quantitative estimate of drug-likeness (QED) is 0.636. The standard InChI is InChI=1S/C21H22F2N4O3S/c1-21(2,3)30-20(29)24-17(9-12-7-13(22)10-14(23)8-12)19(28)27(4)15-5-6-18-16(11-15)25-26-31-18/h5-8,10-11,17H,9H2,1-4H3,(H,24,29)/t17-/m0/s1. The number of nitrogens with one attached hydrogen (secondary N) is 1. The lowest BCUT2D eigenvalue weighted by atomic mass is 10.0. The molecule has 3 aromatic rings. The number of carbonyl (C=O) groups excluding carboxylic acids is 2. The second kappa shape index (κ2) is 8.93. The van der Waals surface area contributed by atoms with E-state index in [-0.39, 0.29) is 12.0 Å². The van der Waals surface area contributed by atoms with Gasteiger partial charge in [0.2, 0.25) is 5.91 Å². The van der Waals surface area contributed by atoms with Gasteiger partial charge in [-0.3, -0.25) is 4.79 Å². The maximum absolute atomic E-state index is 13.6. The molecule has 0 aliphatic carbocycles. The van der Waals surface area contributed by atoms with Gasteiger partial charge in [0.05, 0.1) is 4.70 Å². The zero-order chi connectivity index (χ0) is 22.8. The Balaban J connectivity index is 1.87. The third-order valence-corrected chi connectivity index (χ3v) is 5.00. The van der Waals surface area contributed by atoms with E-state index in [0.717, 1.165) is 22.9 Å². The number of alkyl carbamates (subject to hydrolysis) is 1. The van der Waals surface area contributed by atoms with Crippen LogP contribution in [-0.2, 0) is 16.0 Å². The fourth-order valence-corrected chi connectivity index (χ4v) is 3.49. The molecule has 0 saturated carbocycles. The molecule has 3 rings (SSSR count). The van der Waals surface area contributed by atoms with Gasteiger partial charge in [0.25, 0.3) is 0 Å². The topological polar surface area (TPSA) is 84.4 Å². The lowest BCUT2D eigenvalue weighted by Crippen LogP contribution is -2.50.